The van der Waals surface area contributed by atoms with Crippen LogP contribution in [-0.4, -0.2) is 12.6 Å². The first-order chi connectivity index (χ1) is 10.1. The van der Waals surface area contributed by atoms with Crippen LogP contribution in [0.25, 0.3) is 0 Å². The lowest BCUT2D eigenvalue weighted by atomic mass is 9.81. The summed E-state index contributed by atoms with van der Waals surface area (Å²) in [5.74, 6) is 2.91. The summed E-state index contributed by atoms with van der Waals surface area (Å²) in [6.45, 7) is 8.57. The molecule has 118 valence electrons. The van der Waals surface area contributed by atoms with Crippen LogP contribution >= 0.6 is 0 Å². The van der Waals surface area contributed by atoms with Gasteiger partial charge in [0.15, 0.2) is 0 Å². The molecule has 0 radical (unpaired) electrons. The molecule has 1 aromatic carbocycles. The highest BCUT2D eigenvalue weighted by Gasteiger charge is 2.17. The molecule has 1 N–H and O–H groups in total. The summed E-state index contributed by atoms with van der Waals surface area (Å²) in [6.07, 6.45) is 7.26. The van der Waals surface area contributed by atoms with Crippen molar-refractivity contribution in [3.8, 4) is 5.75 Å². The topological polar surface area (TPSA) is 21.3 Å². The maximum Gasteiger partial charge on any atom is 0.124 e. The Balaban J connectivity index is 1.71. The van der Waals surface area contributed by atoms with Crippen LogP contribution in [0.5, 0.6) is 5.75 Å². The summed E-state index contributed by atoms with van der Waals surface area (Å²) in [7, 11) is 0. The molecule has 1 aromatic rings. The average Bonchev–Trinajstić information content (AvgIpc) is 2.46. The minimum Gasteiger partial charge on any atom is -0.491 e. The van der Waals surface area contributed by atoms with Gasteiger partial charge in [-0.25, -0.2) is 0 Å². The lowest BCUT2D eigenvalue weighted by Gasteiger charge is -2.26. The summed E-state index contributed by atoms with van der Waals surface area (Å²) >= 11 is 0. The van der Waals surface area contributed by atoms with Crippen molar-refractivity contribution in [3.05, 3.63) is 29.8 Å². The number of benzene rings is 1. The van der Waals surface area contributed by atoms with Gasteiger partial charge in [0.05, 0.1) is 6.10 Å². The number of para-hydroxylation sites is 1. The standard InChI is InChI=1S/C19H31NO/c1-15(2)21-19-7-5-4-6-18(19)14-20-13-12-17-10-8-16(3)9-11-17/h4-7,15-17,20H,8-14H2,1-3H3. The van der Waals surface area contributed by atoms with Gasteiger partial charge in [-0.1, -0.05) is 50.8 Å². The molecule has 0 heterocycles. The zero-order valence-corrected chi connectivity index (χ0v) is 13.9. The third-order valence-electron chi connectivity index (χ3n) is 4.52. The molecule has 0 aromatic heterocycles. The van der Waals surface area contributed by atoms with Gasteiger partial charge < -0.3 is 10.1 Å². The fraction of sp³-hybridized carbons (Fsp3) is 0.684. The molecule has 2 rings (SSSR count). The summed E-state index contributed by atoms with van der Waals surface area (Å²) < 4.78 is 5.86. The number of rotatable bonds is 7. The Labute approximate surface area is 130 Å². The van der Waals surface area contributed by atoms with E-state index in [0.29, 0.717) is 0 Å². The van der Waals surface area contributed by atoms with Gasteiger partial charge in [-0.3, -0.25) is 0 Å². The lowest BCUT2D eigenvalue weighted by molar-refractivity contribution is 0.239. The van der Waals surface area contributed by atoms with E-state index in [-0.39, 0.29) is 6.10 Å². The Kier molecular flexibility index (Phi) is 6.56. The zero-order chi connectivity index (χ0) is 15.1. The number of hydrogen-bond acceptors (Lipinski definition) is 2. The third kappa shape index (κ3) is 5.70. The molecule has 2 heteroatoms. The first kappa shape index (κ1) is 16.4. The monoisotopic (exact) mass is 289 g/mol. The van der Waals surface area contributed by atoms with Gasteiger partial charge >= 0.3 is 0 Å². The predicted octanol–water partition coefficient (Wildman–Crippen LogP) is 4.78. The smallest absolute Gasteiger partial charge is 0.124 e. The summed E-state index contributed by atoms with van der Waals surface area (Å²) in [5, 5.41) is 3.59. The maximum absolute atomic E-state index is 5.86. The number of ether oxygens (including phenoxy) is 1. The van der Waals surface area contributed by atoms with E-state index >= 15 is 0 Å². The van der Waals surface area contributed by atoms with Crippen molar-refractivity contribution in [1.82, 2.24) is 5.32 Å². The molecule has 0 unspecified atom stereocenters. The van der Waals surface area contributed by atoms with Gasteiger partial charge in [-0.05, 0) is 44.7 Å². The Bertz CT molecular complexity index is 408. The molecule has 0 bridgehead atoms. The Morgan fingerprint density at radius 1 is 1.14 bits per heavy atom. The third-order valence-corrected chi connectivity index (χ3v) is 4.52. The number of hydrogen-bond donors (Lipinski definition) is 1. The fourth-order valence-electron chi connectivity index (χ4n) is 3.17. The highest BCUT2D eigenvalue weighted by molar-refractivity contribution is 5.33. The van der Waals surface area contributed by atoms with E-state index in [4.69, 9.17) is 4.74 Å². The van der Waals surface area contributed by atoms with Gasteiger partial charge in [0.2, 0.25) is 0 Å². The molecular weight excluding hydrogens is 258 g/mol. The van der Waals surface area contributed by atoms with E-state index in [9.17, 15) is 0 Å². The molecule has 1 aliphatic rings. The van der Waals surface area contributed by atoms with Crippen molar-refractivity contribution < 1.29 is 4.74 Å². The second kappa shape index (κ2) is 8.43. The second-order valence-corrected chi connectivity index (χ2v) is 6.87. The van der Waals surface area contributed by atoms with E-state index in [0.717, 1.165) is 30.7 Å². The van der Waals surface area contributed by atoms with Gasteiger partial charge in [-0.2, -0.15) is 0 Å². The molecule has 0 aliphatic heterocycles. The first-order valence-electron chi connectivity index (χ1n) is 8.60. The van der Waals surface area contributed by atoms with Crippen LogP contribution in [0.3, 0.4) is 0 Å². The molecule has 0 atom stereocenters. The molecule has 2 nitrogen and oxygen atoms in total. The summed E-state index contributed by atoms with van der Waals surface area (Å²) in [5.41, 5.74) is 1.27. The lowest BCUT2D eigenvalue weighted by Crippen LogP contribution is -2.21. The van der Waals surface area contributed by atoms with E-state index < -0.39 is 0 Å². The van der Waals surface area contributed by atoms with Gasteiger partial charge in [0, 0.05) is 12.1 Å². The van der Waals surface area contributed by atoms with E-state index in [2.05, 4.69) is 44.3 Å². The minimum atomic E-state index is 0.232. The molecule has 0 amide bonds. The fourth-order valence-corrected chi connectivity index (χ4v) is 3.17. The quantitative estimate of drug-likeness (QED) is 0.729. The van der Waals surface area contributed by atoms with Crippen LogP contribution in [-0.2, 0) is 6.54 Å². The van der Waals surface area contributed by atoms with Gasteiger partial charge in [0.1, 0.15) is 5.75 Å². The van der Waals surface area contributed by atoms with E-state index in [1.165, 1.54) is 37.7 Å². The normalized spacial score (nSPS) is 22.5. The molecule has 0 spiro atoms. The molecule has 21 heavy (non-hydrogen) atoms. The van der Waals surface area contributed by atoms with Crippen LogP contribution < -0.4 is 10.1 Å². The maximum atomic E-state index is 5.86. The second-order valence-electron chi connectivity index (χ2n) is 6.87. The van der Waals surface area contributed by atoms with Crippen molar-refractivity contribution in [1.29, 1.82) is 0 Å². The van der Waals surface area contributed by atoms with Crippen molar-refractivity contribution >= 4 is 0 Å². The summed E-state index contributed by atoms with van der Waals surface area (Å²) in [6, 6.07) is 8.36. The Hall–Kier alpha value is -1.02. The molecule has 1 fully saturated rings. The van der Waals surface area contributed by atoms with Crippen LogP contribution in [0.1, 0.15) is 58.4 Å². The van der Waals surface area contributed by atoms with Crippen molar-refractivity contribution in [2.45, 2.75) is 65.5 Å². The molecule has 1 aliphatic carbocycles. The first-order valence-corrected chi connectivity index (χ1v) is 8.60. The van der Waals surface area contributed by atoms with Gasteiger partial charge in [0.25, 0.3) is 0 Å². The Morgan fingerprint density at radius 3 is 2.57 bits per heavy atom. The van der Waals surface area contributed by atoms with Crippen molar-refractivity contribution in [2.75, 3.05) is 6.54 Å². The SMILES string of the molecule is CC1CCC(CCNCc2ccccc2OC(C)C)CC1. The highest BCUT2D eigenvalue weighted by atomic mass is 16.5. The average molecular weight is 289 g/mol. The number of nitrogens with one attached hydrogen (secondary N) is 1. The van der Waals surface area contributed by atoms with Crippen molar-refractivity contribution in [3.63, 3.8) is 0 Å². The largest absolute Gasteiger partial charge is 0.491 e. The van der Waals surface area contributed by atoms with Crippen LogP contribution in [0.2, 0.25) is 0 Å². The molecule has 1 saturated carbocycles. The van der Waals surface area contributed by atoms with E-state index in [1.807, 2.05) is 6.07 Å². The van der Waals surface area contributed by atoms with Crippen LogP contribution in [0.4, 0.5) is 0 Å². The van der Waals surface area contributed by atoms with Crippen LogP contribution in [0.15, 0.2) is 24.3 Å². The van der Waals surface area contributed by atoms with Gasteiger partial charge in [-0.15, -0.1) is 0 Å². The molecular formula is C19H31NO. The van der Waals surface area contributed by atoms with E-state index in [1.54, 1.807) is 0 Å². The predicted molar refractivity (Wildman–Crippen MR) is 89.7 cm³/mol. The van der Waals surface area contributed by atoms with Crippen molar-refractivity contribution in [2.24, 2.45) is 11.8 Å². The zero-order valence-electron chi connectivity index (χ0n) is 13.9. The summed E-state index contributed by atoms with van der Waals surface area (Å²) in [4.78, 5) is 0. The molecule has 0 saturated heterocycles. The minimum absolute atomic E-state index is 0.232. The highest BCUT2D eigenvalue weighted by Crippen LogP contribution is 2.30. The van der Waals surface area contributed by atoms with Crippen LogP contribution in [0, 0.1) is 11.8 Å². The Morgan fingerprint density at radius 2 is 1.86 bits per heavy atom.